The van der Waals surface area contributed by atoms with Crippen molar-refractivity contribution < 1.29 is 27.9 Å². The summed E-state index contributed by atoms with van der Waals surface area (Å²) in [5, 5.41) is 9.49. The van der Waals surface area contributed by atoms with Crippen molar-refractivity contribution in [1.82, 2.24) is 4.57 Å². The first-order chi connectivity index (χ1) is 13.5. The second-order valence-electron chi connectivity index (χ2n) is 6.00. The lowest BCUT2D eigenvalue weighted by molar-refractivity contribution is -0.140. The molecule has 0 bridgehead atoms. The van der Waals surface area contributed by atoms with Gasteiger partial charge in [-0.15, -0.1) is 0 Å². The summed E-state index contributed by atoms with van der Waals surface area (Å²) >= 11 is 12.7. The summed E-state index contributed by atoms with van der Waals surface area (Å²) in [6, 6.07) is 6.18. The molecule has 5 nitrogen and oxygen atoms in total. The lowest BCUT2D eigenvalue weighted by Crippen LogP contribution is -2.25. The number of halogens is 5. The summed E-state index contributed by atoms with van der Waals surface area (Å²) in [7, 11) is 0. The smallest absolute Gasteiger partial charge is 0.416 e. The Morgan fingerprint density at radius 3 is 2.48 bits per heavy atom. The van der Waals surface area contributed by atoms with Gasteiger partial charge in [0.05, 0.1) is 20.8 Å². The lowest BCUT2D eigenvalue weighted by atomic mass is 10.2. The van der Waals surface area contributed by atoms with Crippen LogP contribution in [0.15, 0.2) is 41.4 Å². The second-order valence-corrected chi connectivity index (χ2v) is 7.82. The van der Waals surface area contributed by atoms with Crippen LogP contribution in [0.25, 0.3) is 10.2 Å². The molecule has 0 saturated heterocycles. The molecule has 2 aromatic carbocycles. The molecule has 29 heavy (non-hydrogen) atoms. The molecular formula is C18H11Cl2F3N2O3S. The van der Waals surface area contributed by atoms with E-state index in [9.17, 15) is 27.9 Å². The molecule has 1 unspecified atom stereocenters. The van der Waals surface area contributed by atoms with Gasteiger partial charge in [-0.05, 0) is 37.3 Å². The van der Waals surface area contributed by atoms with Gasteiger partial charge in [0.1, 0.15) is 6.04 Å². The molecule has 0 aliphatic rings. The highest BCUT2D eigenvalue weighted by Gasteiger charge is 2.32. The fourth-order valence-corrected chi connectivity index (χ4v) is 4.21. The van der Waals surface area contributed by atoms with Crippen molar-refractivity contribution >= 4 is 56.6 Å². The van der Waals surface area contributed by atoms with Crippen molar-refractivity contribution in [2.24, 2.45) is 4.99 Å². The van der Waals surface area contributed by atoms with Crippen LogP contribution < -0.4 is 4.80 Å². The number of carboxylic acid groups (broad SMARTS) is 1. The van der Waals surface area contributed by atoms with Gasteiger partial charge in [0, 0.05) is 10.6 Å². The molecule has 3 rings (SSSR count). The van der Waals surface area contributed by atoms with Gasteiger partial charge in [0.2, 0.25) is 0 Å². The maximum atomic E-state index is 13.2. The van der Waals surface area contributed by atoms with E-state index in [2.05, 4.69) is 4.99 Å². The van der Waals surface area contributed by atoms with Crippen molar-refractivity contribution in [3.63, 3.8) is 0 Å². The van der Waals surface area contributed by atoms with Crippen molar-refractivity contribution in [1.29, 1.82) is 0 Å². The average molecular weight is 463 g/mol. The molecule has 1 aromatic heterocycles. The summed E-state index contributed by atoms with van der Waals surface area (Å²) < 4.78 is 40.8. The van der Waals surface area contributed by atoms with Crippen molar-refractivity contribution in [3.05, 3.63) is 62.4 Å². The van der Waals surface area contributed by atoms with Crippen LogP contribution in [-0.4, -0.2) is 21.6 Å². The van der Waals surface area contributed by atoms with Crippen LogP contribution in [0.5, 0.6) is 0 Å². The van der Waals surface area contributed by atoms with E-state index in [1.54, 1.807) is 6.07 Å². The van der Waals surface area contributed by atoms with E-state index >= 15 is 0 Å². The van der Waals surface area contributed by atoms with E-state index in [4.69, 9.17) is 23.2 Å². The molecule has 0 fully saturated rings. The van der Waals surface area contributed by atoms with E-state index in [1.165, 1.54) is 25.1 Å². The molecule has 1 heterocycles. The minimum Gasteiger partial charge on any atom is -0.480 e. The molecule has 0 spiro atoms. The number of carboxylic acids is 1. The van der Waals surface area contributed by atoms with Crippen LogP contribution >= 0.6 is 34.5 Å². The van der Waals surface area contributed by atoms with Crippen LogP contribution in [0.1, 0.15) is 28.9 Å². The first-order valence-corrected chi connectivity index (χ1v) is 9.55. The molecule has 0 aliphatic carbocycles. The number of fused-ring (bicyclic) bond motifs is 1. The SMILES string of the molecule is CC(C(=O)O)n1/c(=N/C(=O)c2cccc(Cl)c2)sc2c(Cl)cc(C(F)(F)F)cc21. The number of benzene rings is 2. The van der Waals surface area contributed by atoms with Crippen molar-refractivity contribution in [3.8, 4) is 0 Å². The number of carbonyl (C=O) groups excluding carboxylic acids is 1. The number of nitrogens with zero attached hydrogens (tertiary/aromatic N) is 2. The Bertz CT molecular complexity index is 1200. The standard InChI is InChI=1S/C18H11Cl2F3N2O3S/c1-8(16(27)28)25-13-7-10(18(21,22)23)6-12(20)14(13)29-17(25)24-15(26)9-3-2-4-11(19)5-9/h2-8H,1H3,(H,27,28)/b24-17-. The molecule has 11 heteroatoms. The quantitative estimate of drug-likeness (QED) is 0.565. The van der Waals surface area contributed by atoms with Crippen LogP contribution in [-0.2, 0) is 11.0 Å². The third-order valence-electron chi connectivity index (χ3n) is 4.02. The Morgan fingerprint density at radius 1 is 1.21 bits per heavy atom. The van der Waals surface area contributed by atoms with Crippen LogP contribution in [0.2, 0.25) is 10.0 Å². The number of hydrogen-bond acceptors (Lipinski definition) is 3. The van der Waals surface area contributed by atoms with Gasteiger partial charge in [-0.2, -0.15) is 18.2 Å². The van der Waals surface area contributed by atoms with Crippen molar-refractivity contribution in [2.45, 2.75) is 19.1 Å². The second kappa shape index (κ2) is 7.81. The minimum atomic E-state index is -4.68. The zero-order valence-corrected chi connectivity index (χ0v) is 16.8. The van der Waals surface area contributed by atoms with E-state index in [1.807, 2.05) is 0 Å². The minimum absolute atomic E-state index is 0.0811. The molecule has 1 atom stereocenters. The van der Waals surface area contributed by atoms with Crippen molar-refractivity contribution in [2.75, 3.05) is 0 Å². The molecule has 152 valence electrons. The van der Waals surface area contributed by atoms with Crippen LogP contribution in [0.4, 0.5) is 13.2 Å². The van der Waals surface area contributed by atoms with Gasteiger partial charge in [0.15, 0.2) is 4.80 Å². The zero-order chi connectivity index (χ0) is 21.5. The Kier molecular flexibility index (Phi) is 5.75. The molecule has 0 radical (unpaired) electrons. The lowest BCUT2D eigenvalue weighted by Gasteiger charge is -2.12. The molecule has 3 aromatic rings. The van der Waals surface area contributed by atoms with Gasteiger partial charge in [0.25, 0.3) is 5.91 Å². The highest BCUT2D eigenvalue weighted by Crippen LogP contribution is 2.37. The summed E-state index contributed by atoms with van der Waals surface area (Å²) in [4.78, 5) is 27.9. The normalized spacial score (nSPS) is 13.7. The summed E-state index contributed by atoms with van der Waals surface area (Å²) in [6.45, 7) is 1.27. The van der Waals surface area contributed by atoms with E-state index < -0.39 is 29.7 Å². The Morgan fingerprint density at radius 2 is 1.90 bits per heavy atom. The first kappa shape index (κ1) is 21.4. The van der Waals surface area contributed by atoms with E-state index in [-0.39, 0.29) is 25.6 Å². The predicted octanol–water partition coefficient (Wildman–Crippen LogP) is 5.42. The fraction of sp³-hybridized carbons (Fsp3) is 0.167. The number of hydrogen-bond donors (Lipinski definition) is 1. The van der Waals surface area contributed by atoms with Gasteiger partial charge in [-0.3, -0.25) is 4.79 Å². The summed E-state index contributed by atoms with van der Waals surface area (Å²) in [5.41, 5.74) is -0.971. The topological polar surface area (TPSA) is 71.7 Å². The van der Waals surface area contributed by atoms with Gasteiger partial charge in [-0.25, -0.2) is 4.79 Å². The number of alkyl halides is 3. The number of amides is 1. The molecule has 1 N–H and O–H groups in total. The Labute approximate surface area is 175 Å². The third-order valence-corrected chi connectivity index (χ3v) is 5.77. The molecule has 0 aliphatic heterocycles. The van der Waals surface area contributed by atoms with Gasteiger partial charge < -0.3 is 9.67 Å². The monoisotopic (exact) mass is 462 g/mol. The summed E-state index contributed by atoms with van der Waals surface area (Å²) in [6.07, 6.45) is -4.68. The maximum absolute atomic E-state index is 13.2. The Hall–Kier alpha value is -2.36. The zero-order valence-electron chi connectivity index (χ0n) is 14.5. The fourth-order valence-electron chi connectivity index (χ4n) is 2.60. The van der Waals surface area contributed by atoms with E-state index in [0.717, 1.165) is 28.0 Å². The highest BCUT2D eigenvalue weighted by molar-refractivity contribution is 7.17. The highest BCUT2D eigenvalue weighted by atomic mass is 35.5. The summed E-state index contributed by atoms with van der Waals surface area (Å²) in [5.74, 6) is -2.03. The predicted molar refractivity (Wildman–Crippen MR) is 104 cm³/mol. The molecule has 0 saturated carbocycles. The largest absolute Gasteiger partial charge is 0.480 e. The number of aromatic nitrogens is 1. The Balaban J connectivity index is 2.31. The molecule has 1 amide bonds. The van der Waals surface area contributed by atoms with E-state index in [0.29, 0.717) is 5.02 Å². The number of thiazole rings is 1. The number of aliphatic carboxylic acids is 1. The number of rotatable bonds is 3. The first-order valence-electron chi connectivity index (χ1n) is 7.98. The number of carbonyl (C=O) groups is 2. The van der Waals surface area contributed by atoms with Crippen LogP contribution in [0.3, 0.4) is 0 Å². The maximum Gasteiger partial charge on any atom is 0.416 e. The van der Waals surface area contributed by atoms with Crippen LogP contribution in [0, 0.1) is 0 Å². The van der Waals surface area contributed by atoms with Gasteiger partial charge >= 0.3 is 12.1 Å². The van der Waals surface area contributed by atoms with Gasteiger partial charge in [-0.1, -0.05) is 40.6 Å². The molecular weight excluding hydrogens is 452 g/mol. The average Bonchev–Trinajstić information content (AvgIpc) is 2.98. The third kappa shape index (κ3) is 4.31.